The molecule has 1 saturated carbocycles. The Kier molecular flexibility index (Phi) is 8.39. The van der Waals surface area contributed by atoms with Gasteiger partial charge in [-0.3, -0.25) is 0 Å². The molecule has 7 nitrogen and oxygen atoms in total. The zero-order chi connectivity index (χ0) is 24.7. The number of rotatable bonds is 6. The minimum absolute atomic E-state index is 0.0934. The lowest BCUT2D eigenvalue weighted by Gasteiger charge is -2.29. The molecular weight excluding hydrogens is 461 g/mol. The van der Waals surface area contributed by atoms with Gasteiger partial charge in [0.1, 0.15) is 29.4 Å². The minimum atomic E-state index is -1.75. The van der Waals surface area contributed by atoms with Gasteiger partial charge in [-0.05, 0) is 37.1 Å². The van der Waals surface area contributed by atoms with Gasteiger partial charge in [0.25, 0.3) is 6.02 Å². The van der Waals surface area contributed by atoms with Crippen LogP contribution in [-0.4, -0.2) is 42.3 Å². The Morgan fingerprint density at radius 2 is 1.91 bits per heavy atom. The number of methoxy groups -OCH3 is 1. The standard InChI is InChI=1S/C21H20F3N5O2.CH2F2/c1-30-13-7-14-17(24)10-27-20(19(14)26-9-13)29-12-2-3-15(22)11(6-12)8-28-21(25)31-18-5-4-16(18)23;2-1-3/h2-3,6-7,9-10,16,18H,4-5,8H2,1H3,(H2,25,28)(H,27,29);1H2/t16-,18+;/m0./s1. The lowest BCUT2D eigenvalue weighted by Crippen LogP contribution is -2.39. The van der Waals surface area contributed by atoms with Crippen molar-refractivity contribution >= 4 is 28.4 Å². The zero-order valence-electron chi connectivity index (χ0n) is 18.1. The summed E-state index contributed by atoms with van der Waals surface area (Å²) < 4.78 is 71.2. The fourth-order valence-electron chi connectivity index (χ4n) is 3.10. The molecule has 1 aromatic carbocycles. The lowest BCUT2D eigenvalue weighted by atomic mass is 9.94. The first kappa shape index (κ1) is 24.9. The van der Waals surface area contributed by atoms with Crippen molar-refractivity contribution in [1.82, 2.24) is 9.97 Å². The second-order valence-electron chi connectivity index (χ2n) is 7.16. The first-order valence-corrected chi connectivity index (χ1v) is 10.1. The van der Waals surface area contributed by atoms with E-state index in [-0.39, 0.29) is 23.5 Å². The van der Waals surface area contributed by atoms with Crippen LogP contribution in [0, 0.1) is 11.6 Å². The van der Waals surface area contributed by atoms with Crippen LogP contribution >= 0.6 is 0 Å². The van der Waals surface area contributed by atoms with Crippen LogP contribution in [0.4, 0.5) is 33.5 Å². The maximum absolute atomic E-state index is 14.2. The maximum atomic E-state index is 14.2. The predicted molar refractivity (Wildman–Crippen MR) is 117 cm³/mol. The second kappa shape index (κ2) is 11.4. The van der Waals surface area contributed by atoms with Crippen LogP contribution < -0.4 is 15.8 Å². The van der Waals surface area contributed by atoms with E-state index in [4.69, 9.17) is 15.2 Å². The molecule has 1 aliphatic rings. The third-order valence-corrected chi connectivity index (χ3v) is 5.00. The molecular formula is C22H22F5N5O2. The van der Waals surface area contributed by atoms with Gasteiger partial charge >= 0.3 is 0 Å². The maximum Gasteiger partial charge on any atom is 0.282 e. The molecule has 3 N–H and O–H groups in total. The van der Waals surface area contributed by atoms with E-state index in [0.717, 1.165) is 6.20 Å². The van der Waals surface area contributed by atoms with E-state index in [1.54, 1.807) is 0 Å². The first-order valence-electron chi connectivity index (χ1n) is 10.1. The molecule has 182 valence electrons. The van der Waals surface area contributed by atoms with Gasteiger partial charge in [0.2, 0.25) is 6.93 Å². The molecule has 2 atom stereocenters. The summed E-state index contributed by atoms with van der Waals surface area (Å²) in [6.07, 6.45) is 1.89. The average Bonchev–Trinajstić information content (AvgIpc) is 2.83. The molecule has 1 aliphatic carbocycles. The summed E-state index contributed by atoms with van der Waals surface area (Å²) in [5, 5.41) is 3.25. The highest BCUT2D eigenvalue weighted by atomic mass is 19.3. The van der Waals surface area contributed by atoms with Crippen molar-refractivity contribution in [2.45, 2.75) is 31.7 Å². The monoisotopic (exact) mass is 483 g/mol. The summed E-state index contributed by atoms with van der Waals surface area (Å²) in [5.41, 5.74) is 6.69. The zero-order valence-corrected chi connectivity index (χ0v) is 18.1. The quantitative estimate of drug-likeness (QED) is 0.295. The predicted octanol–water partition coefficient (Wildman–Crippen LogP) is 4.87. The normalized spacial score (nSPS) is 17.4. The smallest absolute Gasteiger partial charge is 0.282 e. The number of hydrogen-bond acceptors (Lipinski definition) is 6. The molecule has 0 bridgehead atoms. The number of aromatic nitrogens is 2. The van der Waals surface area contributed by atoms with Crippen molar-refractivity contribution < 1.29 is 31.4 Å². The molecule has 12 heteroatoms. The van der Waals surface area contributed by atoms with Gasteiger partial charge in [-0.25, -0.2) is 36.9 Å². The number of halogens is 5. The van der Waals surface area contributed by atoms with Crippen molar-refractivity contribution in [2.24, 2.45) is 10.7 Å². The van der Waals surface area contributed by atoms with Gasteiger partial charge in [0, 0.05) is 16.6 Å². The van der Waals surface area contributed by atoms with Crippen molar-refractivity contribution in [3.8, 4) is 5.75 Å². The molecule has 34 heavy (non-hydrogen) atoms. The Morgan fingerprint density at radius 3 is 2.56 bits per heavy atom. The number of amidine groups is 1. The number of alkyl halides is 3. The third kappa shape index (κ3) is 6.00. The number of benzene rings is 1. The van der Waals surface area contributed by atoms with E-state index in [0.29, 0.717) is 35.6 Å². The summed E-state index contributed by atoms with van der Waals surface area (Å²) in [5.74, 6) is -0.333. The summed E-state index contributed by atoms with van der Waals surface area (Å²) in [6, 6.07) is 5.62. The van der Waals surface area contributed by atoms with Crippen molar-refractivity contribution in [2.75, 3.05) is 19.4 Å². The van der Waals surface area contributed by atoms with E-state index in [1.165, 1.54) is 37.6 Å². The van der Waals surface area contributed by atoms with Gasteiger partial charge in [-0.15, -0.1) is 0 Å². The van der Waals surface area contributed by atoms with Crippen LogP contribution in [-0.2, 0) is 11.3 Å². The summed E-state index contributed by atoms with van der Waals surface area (Å²) in [4.78, 5) is 12.2. The molecule has 2 heterocycles. The SMILES string of the molecule is COc1cnc2c(Nc3ccc(F)c(CN=C(N)O[C@@H]4CC[C@@H]4F)c3)ncc(F)c2c1.FCF. The van der Waals surface area contributed by atoms with Gasteiger partial charge in [0.05, 0.1) is 26.0 Å². The average molecular weight is 483 g/mol. The van der Waals surface area contributed by atoms with E-state index in [1.807, 2.05) is 0 Å². The van der Waals surface area contributed by atoms with Crippen molar-refractivity contribution in [1.29, 1.82) is 0 Å². The fraction of sp³-hybridized carbons (Fsp3) is 0.318. The van der Waals surface area contributed by atoms with Gasteiger partial charge in [-0.2, -0.15) is 0 Å². The molecule has 0 spiro atoms. The molecule has 0 saturated heterocycles. The van der Waals surface area contributed by atoms with Crippen LogP contribution in [0.5, 0.6) is 5.75 Å². The van der Waals surface area contributed by atoms with Crippen LogP contribution in [0.1, 0.15) is 18.4 Å². The first-order chi connectivity index (χ1) is 16.4. The molecule has 0 aliphatic heterocycles. The number of pyridine rings is 2. The van der Waals surface area contributed by atoms with Crippen LogP contribution in [0.2, 0.25) is 0 Å². The Morgan fingerprint density at radius 1 is 1.15 bits per heavy atom. The molecule has 0 amide bonds. The minimum Gasteiger partial charge on any atom is -0.495 e. The summed E-state index contributed by atoms with van der Waals surface area (Å²) in [7, 11) is 1.46. The number of hydrogen-bond donors (Lipinski definition) is 2. The summed E-state index contributed by atoms with van der Waals surface area (Å²) >= 11 is 0. The van der Waals surface area contributed by atoms with E-state index < -0.39 is 30.8 Å². The molecule has 3 aromatic rings. The van der Waals surface area contributed by atoms with Gasteiger partial charge in [0.15, 0.2) is 11.6 Å². The van der Waals surface area contributed by atoms with Crippen LogP contribution in [0.3, 0.4) is 0 Å². The highest BCUT2D eigenvalue weighted by Gasteiger charge is 2.33. The third-order valence-electron chi connectivity index (χ3n) is 5.00. The Hall–Kier alpha value is -3.70. The molecule has 0 unspecified atom stereocenters. The fourth-order valence-corrected chi connectivity index (χ4v) is 3.10. The van der Waals surface area contributed by atoms with Crippen molar-refractivity contribution in [3.63, 3.8) is 0 Å². The number of ether oxygens (including phenoxy) is 2. The highest BCUT2D eigenvalue weighted by Crippen LogP contribution is 2.28. The molecule has 4 rings (SSSR count). The summed E-state index contributed by atoms with van der Waals surface area (Å²) in [6.45, 7) is -1.84. The van der Waals surface area contributed by atoms with Crippen LogP contribution in [0.15, 0.2) is 41.7 Å². The lowest BCUT2D eigenvalue weighted by molar-refractivity contribution is 0.00884. The van der Waals surface area contributed by atoms with Gasteiger partial charge < -0.3 is 20.5 Å². The number of nitrogens with zero attached hydrogens (tertiary/aromatic N) is 3. The second-order valence-corrected chi connectivity index (χ2v) is 7.16. The largest absolute Gasteiger partial charge is 0.495 e. The Balaban J connectivity index is 0.00000103. The van der Waals surface area contributed by atoms with Crippen molar-refractivity contribution in [3.05, 3.63) is 53.9 Å². The Labute approximate surface area is 191 Å². The number of nitrogens with one attached hydrogen (secondary N) is 1. The molecule has 2 aromatic heterocycles. The van der Waals surface area contributed by atoms with Gasteiger partial charge in [-0.1, -0.05) is 0 Å². The highest BCUT2D eigenvalue weighted by molar-refractivity contribution is 5.90. The number of aliphatic imine (C=N–C) groups is 1. The topological polar surface area (TPSA) is 94.7 Å². The molecule has 1 fully saturated rings. The number of fused-ring (bicyclic) bond motifs is 1. The molecule has 0 radical (unpaired) electrons. The van der Waals surface area contributed by atoms with E-state index in [9.17, 15) is 22.0 Å². The van der Waals surface area contributed by atoms with E-state index in [2.05, 4.69) is 20.3 Å². The number of nitrogens with two attached hydrogens (primary N) is 1. The number of anilines is 2. The Bertz CT molecular complexity index is 1160. The van der Waals surface area contributed by atoms with E-state index >= 15 is 0 Å². The van der Waals surface area contributed by atoms with Crippen LogP contribution in [0.25, 0.3) is 10.9 Å².